The first-order valence-corrected chi connectivity index (χ1v) is 11.4. The maximum Gasteiger partial charge on any atom is 0.274 e. The first-order chi connectivity index (χ1) is 13.7. The number of carbonyl (C=O) groups is 1. The van der Waals surface area contributed by atoms with Gasteiger partial charge in [0.25, 0.3) is 11.6 Å². The van der Waals surface area contributed by atoms with Crippen molar-refractivity contribution in [1.82, 2.24) is 19.2 Å². The number of halogens is 1. The first-order valence-electron chi connectivity index (χ1n) is 8.34. The maximum absolute atomic E-state index is 12.8. The van der Waals surface area contributed by atoms with Crippen LogP contribution in [0.4, 0.5) is 5.69 Å². The van der Waals surface area contributed by atoms with Crippen LogP contribution in [0.2, 0.25) is 5.02 Å². The summed E-state index contributed by atoms with van der Waals surface area (Å²) < 4.78 is 26.8. The number of aromatic nitrogens is 2. The topological polar surface area (TPSA) is 127 Å². The molecule has 3 rings (SSSR count). The molecule has 1 amide bonds. The van der Waals surface area contributed by atoms with Crippen LogP contribution in [-0.2, 0) is 10.0 Å². The monoisotopic (exact) mass is 457 g/mol. The molecule has 13 heteroatoms. The summed E-state index contributed by atoms with van der Waals surface area (Å²) in [7, 11) is -3.82. The van der Waals surface area contributed by atoms with Crippen molar-refractivity contribution in [3.05, 3.63) is 51.3 Å². The van der Waals surface area contributed by atoms with Gasteiger partial charge in [-0.2, -0.15) is 4.31 Å². The highest BCUT2D eigenvalue weighted by molar-refractivity contribution is 7.98. The van der Waals surface area contributed by atoms with Crippen molar-refractivity contribution in [2.75, 3.05) is 32.4 Å². The molecule has 2 aromatic rings. The second-order valence-corrected chi connectivity index (χ2v) is 9.12. The Balaban J connectivity index is 1.71. The normalized spacial score (nSPS) is 15.3. The second-order valence-electron chi connectivity index (χ2n) is 6.00. The van der Waals surface area contributed by atoms with Crippen molar-refractivity contribution in [2.45, 2.75) is 10.1 Å². The molecule has 0 radical (unpaired) electrons. The van der Waals surface area contributed by atoms with Crippen LogP contribution in [0.5, 0.6) is 0 Å². The Morgan fingerprint density at radius 3 is 2.38 bits per heavy atom. The number of piperazine rings is 1. The van der Waals surface area contributed by atoms with E-state index in [0.717, 1.165) is 12.1 Å². The summed E-state index contributed by atoms with van der Waals surface area (Å²) in [6.45, 7) is 0.506. The van der Waals surface area contributed by atoms with Crippen molar-refractivity contribution in [2.24, 2.45) is 0 Å². The van der Waals surface area contributed by atoms with E-state index in [1.165, 1.54) is 39.3 Å². The lowest BCUT2D eigenvalue weighted by Crippen LogP contribution is -2.50. The second kappa shape index (κ2) is 8.61. The number of benzene rings is 1. The molecular weight excluding hydrogens is 442 g/mol. The van der Waals surface area contributed by atoms with Gasteiger partial charge in [0.05, 0.1) is 21.0 Å². The van der Waals surface area contributed by atoms with Gasteiger partial charge in [0.2, 0.25) is 10.0 Å². The molecule has 1 aliphatic heterocycles. The average molecular weight is 458 g/mol. The highest BCUT2D eigenvalue weighted by Crippen LogP contribution is 2.22. The zero-order valence-corrected chi connectivity index (χ0v) is 17.6. The Labute approximate surface area is 176 Å². The van der Waals surface area contributed by atoms with E-state index in [1.54, 1.807) is 6.26 Å². The number of non-ortho nitro benzene ring substituents is 1. The van der Waals surface area contributed by atoms with Gasteiger partial charge < -0.3 is 4.90 Å². The third-order valence-electron chi connectivity index (χ3n) is 4.32. The molecule has 1 saturated heterocycles. The minimum atomic E-state index is -3.82. The molecule has 2 heterocycles. The molecule has 0 atom stereocenters. The van der Waals surface area contributed by atoms with Gasteiger partial charge in [-0.15, -0.1) is 0 Å². The molecule has 0 N–H and O–H groups in total. The van der Waals surface area contributed by atoms with E-state index in [1.807, 2.05) is 0 Å². The fourth-order valence-electron chi connectivity index (χ4n) is 2.77. The first kappa shape index (κ1) is 21.4. The van der Waals surface area contributed by atoms with Gasteiger partial charge in [-0.3, -0.25) is 14.9 Å². The summed E-state index contributed by atoms with van der Waals surface area (Å²) in [5, 5.41) is 11.3. The molecule has 10 nitrogen and oxygen atoms in total. The highest BCUT2D eigenvalue weighted by Gasteiger charge is 2.31. The molecule has 0 aliphatic carbocycles. The number of thioether (sulfide) groups is 1. The summed E-state index contributed by atoms with van der Waals surface area (Å²) in [5.74, 6) is -0.389. The summed E-state index contributed by atoms with van der Waals surface area (Å²) in [4.78, 5) is 32.5. The smallest absolute Gasteiger partial charge is 0.274 e. The predicted molar refractivity (Wildman–Crippen MR) is 107 cm³/mol. The van der Waals surface area contributed by atoms with E-state index in [2.05, 4.69) is 9.97 Å². The number of nitrogens with zero attached hydrogens (tertiary/aromatic N) is 5. The molecule has 0 spiro atoms. The third kappa shape index (κ3) is 4.50. The van der Waals surface area contributed by atoms with Crippen LogP contribution in [-0.4, -0.2) is 70.9 Å². The number of carbonyl (C=O) groups excluding carboxylic acids is 1. The summed E-state index contributed by atoms with van der Waals surface area (Å²) in [6.07, 6.45) is 3.14. The van der Waals surface area contributed by atoms with Crippen molar-refractivity contribution >= 4 is 45.0 Å². The van der Waals surface area contributed by atoms with Gasteiger partial charge >= 0.3 is 0 Å². The van der Waals surface area contributed by atoms with Crippen LogP contribution < -0.4 is 0 Å². The van der Waals surface area contributed by atoms with Crippen molar-refractivity contribution in [1.29, 1.82) is 0 Å². The molecule has 29 heavy (non-hydrogen) atoms. The van der Waals surface area contributed by atoms with Crippen molar-refractivity contribution < 1.29 is 18.1 Å². The molecule has 1 aliphatic rings. The van der Waals surface area contributed by atoms with Gasteiger partial charge in [0.15, 0.2) is 10.9 Å². The predicted octanol–water partition coefficient (Wildman–Crippen LogP) is 1.91. The number of hydrogen-bond donors (Lipinski definition) is 0. The molecule has 0 bridgehead atoms. The van der Waals surface area contributed by atoms with Crippen LogP contribution in [0.15, 0.2) is 40.5 Å². The molecule has 1 aromatic heterocycles. The van der Waals surface area contributed by atoms with Gasteiger partial charge in [0.1, 0.15) is 0 Å². The van der Waals surface area contributed by atoms with Gasteiger partial charge in [-0.05, 0) is 18.4 Å². The lowest BCUT2D eigenvalue weighted by molar-refractivity contribution is -0.384. The van der Waals surface area contributed by atoms with Gasteiger partial charge in [-0.1, -0.05) is 23.4 Å². The van der Waals surface area contributed by atoms with Crippen LogP contribution in [0.1, 0.15) is 10.5 Å². The minimum Gasteiger partial charge on any atom is -0.335 e. The van der Waals surface area contributed by atoms with E-state index >= 15 is 0 Å². The molecule has 154 valence electrons. The van der Waals surface area contributed by atoms with E-state index in [0.29, 0.717) is 5.16 Å². The van der Waals surface area contributed by atoms with E-state index in [4.69, 9.17) is 11.6 Å². The zero-order valence-electron chi connectivity index (χ0n) is 15.2. The van der Waals surface area contributed by atoms with Crippen molar-refractivity contribution in [3.63, 3.8) is 0 Å². The number of amides is 1. The minimum absolute atomic E-state index is 0.0358. The Hall–Kier alpha value is -2.28. The molecule has 1 aromatic carbocycles. The lowest BCUT2D eigenvalue weighted by atomic mass is 10.3. The average Bonchev–Trinajstić information content (AvgIpc) is 2.73. The van der Waals surface area contributed by atoms with Crippen molar-refractivity contribution in [3.8, 4) is 0 Å². The van der Waals surface area contributed by atoms with Crippen LogP contribution in [0.3, 0.4) is 0 Å². The Kier molecular flexibility index (Phi) is 6.36. The number of rotatable bonds is 5. The SMILES string of the molecule is CSc1ncc(Cl)c(C(=O)N2CCN(S(=O)(=O)c3ccc([N+](=O)[O-])cc3)CC2)n1. The fourth-order valence-corrected chi connectivity index (χ4v) is 4.70. The van der Waals surface area contributed by atoms with E-state index < -0.39 is 14.9 Å². The number of hydrogen-bond acceptors (Lipinski definition) is 8. The quantitative estimate of drug-likeness (QED) is 0.288. The third-order valence-corrected chi connectivity index (χ3v) is 7.07. The number of sulfonamides is 1. The Morgan fingerprint density at radius 2 is 1.83 bits per heavy atom. The number of nitro groups is 1. The fraction of sp³-hybridized carbons (Fsp3) is 0.312. The van der Waals surface area contributed by atoms with E-state index in [9.17, 15) is 23.3 Å². The van der Waals surface area contributed by atoms with Crippen LogP contribution >= 0.6 is 23.4 Å². The molecule has 1 fully saturated rings. The summed E-state index contributed by atoms with van der Waals surface area (Å²) >= 11 is 7.33. The molecule has 0 saturated carbocycles. The standard InChI is InChI=1S/C16H16ClN5O5S2/c1-28-16-18-10-13(17)14(19-16)15(23)20-6-8-21(9-7-20)29(26,27)12-4-2-11(3-5-12)22(24)25/h2-5,10H,6-9H2,1H3. The highest BCUT2D eigenvalue weighted by atomic mass is 35.5. The zero-order chi connectivity index (χ0) is 21.2. The van der Waals surface area contributed by atoms with Crippen LogP contribution in [0.25, 0.3) is 0 Å². The van der Waals surface area contributed by atoms with E-state index in [-0.39, 0.29) is 53.4 Å². The largest absolute Gasteiger partial charge is 0.335 e. The molecular formula is C16H16ClN5O5S2. The van der Waals surface area contributed by atoms with Gasteiger partial charge in [-0.25, -0.2) is 18.4 Å². The Bertz CT molecular complexity index is 1040. The molecule has 0 unspecified atom stereocenters. The summed E-state index contributed by atoms with van der Waals surface area (Å²) in [6, 6.07) is 4.70. The summed E-state index contributed by atoms with van der Waals surface area (Å²) in [5.41, 5.74) is -0.108. The van der Waals surface area contributed by atoms with Crippen LogP contribution in [0, 0.1) is 10.1 Å². The van der Waals surface area contributed by atoms with Gasteiger partial charge in [0, 0.05) is 38.3 Å². The lowest BCUT2D eigenvalue weighted by Gasteiger charge is -2.33. The maximum atomic E-state index is 12.8. The Morgan fingerprint density at radius 1 is 1.21 bits per heavy atom. The number of nitro benzene ring substituents is 1.